The number of nitrogens with zero attached hydrogens (tertiary/aromatic N) is 1. The van der Waals surface area contributed by atoms with E-state index < -0.39 is 0 Å². The first-order valence-electron chi connectivity index (χ1n) is 6.77. The highest BCUT2D eigenvalue weighted by molar-refractivity contribution is 5.96. The van der Waals surface area contributed by atoms with Crippen molar-refractivity contribution in [3.05, 3.63) is 29.3 Å². The average molecular weight is 264 g/mol. The molecular weight excluding hydrogens is 240 g/mol. The van der Waals surface area contributed by atoms with Gasteiger partial charge >= 0.3 is 0 Å². The second kappa shape index (κ2) is 7.14. The molecule has 1 rings (SSSR count). The van der Waals surface area contributed by atoms with Crippen molar-refractivity contribution in [1.29, 1.82) is 0 Å². The molecule has 0 aliphatic heterocycles. The fourth-order valence-electron chi connectivity index (χ4n) is 2.07. The van der Waals surface area contributed by atoms with E-state index in [1.54, 1.807) is 4.90 Å². The lowest BCUT2D eigenvalue weighted by Crippen LogP contribution is -2.39. The van der Waals surface area contributed by atoms with Crippen LogP contribution in [-0.2, 0) is 0 Å². The Morgan fingerprint density at radius 1 is 1.42 bits per heavy atom. The SMILES string of the molecule is CCNc1ccc(C(=O)N(CCO)C(C)C)c(C)c1. The molecule has 0 saturated heterocycles. The van der Waals surface area contributed by atoms with Crippen molar-refractivity contribution in [3.63, 3.8) is 0 Å². The van der Waals surface area contributed by atoms with Gasteiger partial charge in [0.1, 0.15) is 0 Å². The molecule has 4 nitrogen and oxygen atoms in total. The largest absolute Gasteiger partial charge is 0.395 e. The van der Waals surface area contributed by atoms with Crippen LogP contribution in [0.4, 0.5) is 5.69 Å². The van der Waals surface area contributed by atoms with Gasteiger partial charge in [0, 0.05) is 30.4 Å². The Morgan fingerprint density at radius 3 is 2.58 bits per heavy atom. The molecule has 0 fully saturated rings. The lowest BCUT2D eigenvalue weighted by atomic mass is 10.1. The zero-order chi connectivity index (χ0) is 14.4. The topological polar surface area (TPSA) is 52.6 Å². The highest BCUT2D eigenvalue weighted by atomic mass is 16.3. The quantitative estimate of drug-likeness (QED) is 0.828. The van der Waals surface area contributed by atoms with E-state index >= 15 is 0 Å². The molecule has 2 N–H and O–H groups in total. The fraction of sp³-hybridized carbons (Fsp3) is 0.533. The van der Waals surface area contributed by atoms with Crippen LogP contribution in [-0.4, -0.2) is 41.7 Å². The summed E-state index contributed by atoms with van der Waals surface area (Å²) < 4.78 is 0. The predicted octanol–water partition coefficient (Wildman–Crippen LogP) is 2.27. The summed E-state index contributed by atoms with van der Waals surface area (Å²) in [6, 6.07) is 5.82. The number of nitrogens with one attached hydrogen (secondary N) is 1. The Hall–Kier alpha value is -1.55. The van der Waals surface area contributed by atoms with E-state index in [1.165, 1.54) is 0 Å². The maximum Gasteiger partial charge on any atom is 0.254 e. The fourth-order valence-corrected chi connectivity index (χ4v) is 2.07. The number of aryl methyl sites for hydroxylation is 1. The minimum absolute atomic E-state index is 0.0154. The number of amides is 1. The Balaban J connectivity index is 2.98. The van der Waals surface area contributed by atoms with Gasteiger partial charge in [-0.1, -0.05) is 0 Å². The molecule has 0 aliphatic carbocycles. The summed E-state index contributed by atoms with van der Waals surface area (Å²) in [5.74, 6) is -0.0235. The molecule has 0 spiro atoms. The Bertz CT molecular complexity index is 430. The van der Waals surface area contributed by atoms with Gasteiger partial charge in [0.05, 0.1) is 6.61 Å². The van der Waals surface area contributed by atoms with Crippen LogP contribution in [0.25, 0.3) is 0 Å². The van der Waals surface area contributed by atoms with Crippen LogP contribution in [0.15, 0.2) is 18.2 Å². The zero-order valence-electron chi connectivity index (χ0n) is 12.2. The monoisotopic (exact) mass is 264 g/mol. The number of aliphatic hydroxyl groups is 1. The van der Waals surface area contributed by atoms with Gasteiger partial charge in [-0.15, -0.1) is 0 Å². The summed E-state index contributed by atoms with van der Waals surface area (Å²) >= 11 is 0. The second-order valence-electron chi connectivity index (χ2n) is 4.88. The molecule has 4 heteroatoms. The summed E-state index contributed by atoms with van der Waals surface area (Å²) in [5.41, 5.74) is 2.67. The minimum Gasteiger partial charge on any atom is -0.395 e. The van der Waals surface area contributed by atoms with E-state index in [9.17, 15) is 4.79 Å². The second-order valence-corrected chi connectivity index (χ2v) is 4.88. The van der Waals surface area contributed by atoms with E-state index in [1.807, 2.05) is 45.9 Å². The van der Waals surface area contributed by atoms with Crippen LogP contribution in [0, 0.1) is 6.92 Å². The van der Waals surface area contributed by atoms with Gasteiger partial charge in [-0.2, -0.15) is 0 Å². The molecule has 0 atom stereocenters. The maximum atomic E-state index is 12.5. The van der Waals surface area contributed by atoms with Crippen molar-refractivity contribution in [3.8, 4) is 0 Å². The summed E-state index contributed by atoms with van der Waals surface area (Å²) in [6.45, 7) is 9.09. The maximum absolute atomic E-state index is 12.5. The molecule has 1 aromatic rings. The molecule has 0 heterocycles. The molecule has 1 aromatic carbocycles. The smallest absolute Gasteiger partial charge is 0.254 e. The first-order chi connectivity index (χ1) is 9.01. The summed E-state index contributed by atoms with van der Waals surface area (Å²) in [7, 11) is 0. The molecule has 0 unspecified atom stereocenters. The number of anilines is 1. The third kappa shape index (κ3) is 3.96. The highest BCUT2D eigenvalue weighted by Crippen LogP contribution is 2.18. The van der Waals surface area contributed by atoms with Crippen molar-refractivity contribution >= 4 is 11.6 Å². The summed E-state index contributed by atoms with van der Waals surface area (Å²) in [5, 5.41) is 12.3. The molecule has 1 amide bonds. The first-order valence-corrected chi connectivity index (χ1v) is 6.77. The normalized spacial score (nSPS) is 10.6. The van der Waals surface area contributed by atoms with Crippen molar-refractivity contribution in [2.75, 3.05) is 25.0 Å². The van der Waals surface area contributed by atoms with Gasteiger partial charge in [-0.25, -0.2) is 0 Å². The number of benzene rings is 1. The lowest BCUT2D eigenvalue weighted by molar-refractivity contribution is 0.0664. The minimum atomic E-state index is -0.0235. The van der Waals surface area contributed by atoms with E-state index in [0.29, 0.717) is 12.1 Å². The Kier molecular flexibility index (Phi) is 5.83. The van der Waals surface area contributed by atoms with Crippen LogP contribution >= 0.6 is 0 Å². The Morgan fingerprint density at radius 2 is 2.11 bits per heavy atom. The average Bonchev–Trinajstić information content (AvgIpc) is 2.35. The number of rotatable bonds is 6. The van der Waals surface area contributed by atoms with Crippen molar-refractivity contribution in [2.24, 2.45) is 0 Å². The molecule has 106 valence electrons. The number of carbonyl (C=O) groups is 1. The molecular formula is C15H24N2O2. The Labute approximate surface area is 115 Å². The molecule has 0 bridgehead atoms. The van der Waals surface area contributed by atoms with E-state index in [-0.39, 0.29) is 18.6 Å². The van der Waals surface area contributed by atoms with Gasteiger partial charge in [0.25, 0.3) is 5.91 Å². The van der Waals surface area contributed by atoms with Crippen LogP contribution in [0.2, 0.25) is 0 Å². The van der Waals surface area contributed by atoms with Gasteiger partial charge in [-0.05, 0) is 51.5 Å². The third-order valence-corrected chi connectivity index (χ3v) is 3.06. The highest BCUT2D eigenvalue weighted by Gasteiger charge is 2.19. The van der Waals surface area contributed by atoms with Crippen molar-refractivity contribution in [1.82, 2.24) is 4.90 Å². The summed E-state index contributed by atoms with van der Waals surface area (Å²) in [4.78, 5) is 14.2. The van der Waals surface area contributed by atoms with Crippen molar-refractivity contribution in [2.45, 2.75) is 33.7 Å². The number of carbonyl (C=O) groups excluding carboxylic acids is 1. The number of hydrogen-bond acceptors (Lipinski definition) is 3. The first kappa shape index (κ1) is 15.5. The van der Waals surface area contributed by atoms with Crippen LogP contribution < -0.4 is 5.32 Å². The number of hydrogen-bond donors (Lipinski definition) is 2. The van der Waals surface area contributed by atoms with Gasteiger partial charge in [-0.3, -0.25) is 4.79 Å². The molecule has 0 aromatic heterocycles. The van der Waals surface area contributed by atoms with Crippen molar-refractivity contribution < 1.29 is 9.90 Å². The standard InChI is InChI=1S/C15H24N2O2/c1-5-16-13-6-7-14(12(4)10-13)15(19)17(8-9-18)11(2)3/h6-7,10-11,16,18H,5,8-9H2,1-4H3. The van der Waals surface area contributed by atoms with Gasteiger partial charge in [0.15, 0.2) is 0 Å². The van der Waals surface area contributed by atoms with Crippen LogP contribution in [0.1, 0.15) is 36.7 Å². The molecule has 0 saturated carbocycles. The van der Waals surface area contributed by atoms with E-state index in [4.69, 9.17) is 5.11 Å². The molecule has 0 aliphatic rings. The van der Waals surface area contributed by atoms with Crippen LogP contribution in [0.5, 0.6) is 0 Å². The predicted molar refractivity (Wildman–Crippen MR) is 78.6 cm³/mol. The summed E-state index contributed by atoms with van der Waals surface area (Å²) in [6.07, 6.45) is 0. The lowest BCUT2D eigenvalue weighted by Gasteiger charge is -2.26. The van der Waals surface area contributed by atoms with Gasteiger partial charge in [0.2, 0.25) is 0 Å². The van der Waals surface area contributed by atoms with Gasteiger partial charge < -0.3 is 15.3 Å². The number of aliphatic hydroxyl groups excluding tert-OH is 1. The zero-order valence-corrected chi connectivity index (χ0v) is 12.2. The van der Waals surface area contributed by atoms with E-state index in [0.717, 1.165) is 17.8 Å². The molecule has 0 radical (unpaired) electrons. The third-order valence-electron chi connectivity index (χ3n) is 3.06. The van der Waals surface area contributed by atoms with E-state index in [2.05, 4.69) is 5.32 Å². The van der Waals surface area contributed by atoms with Crippen LogP contribution in [0.3, 0.4) is 0 Å². The molecule has 19 heavy (non-hydrogen) atoms.